The topological polar surface area (TPSA) is 197 Å². The molecule has 54 heavy (non-hydrogen) atoms. The van der Waals surface area contributed by atoms with Crippen LogP contribution in [0.25, 0.3) is 0 Å². The lowest BCUT2D eigenvalue weighted by Gasteiger charge is -2.35. The van der Waals surface area contributed by atoms with Crippen LogP contribution in [0.5, 0.6) is 0 Å². The molecule has 1 aliphatic heterocycles. The van der Waals surface area contributed by atoms with Gasteiger partial charge in [0.05, 0.1) is 0 Å². The van der Waals surface area contributed by atoms with E-state index in [4.69, 9.17) is 11.5 Å². The minimum atomic E-state index is -1.05. The molecule has 2 aromatic rings. The van der Waals surface area contributed by atoms with Crippen LogP contribution < -0.4 is 27.4 Å². The van der Waals surface area contributed by atoms with Crippen molar-refractivity contribution in [2.45, 2.75) is 102 Å². The van der Waals surface area contributed by atoms with E-state index in [1.807, 2.05) is 80.8 Å². The van der Waals surface area contributed by atoms with Crippen molar-refractivity contribution >= 4 is 47.2 Å². The Balaban J connectivity index is 1.87. The predicted octanol–water partition coefficient (Wildman–Crippen LogP) is 2.16. The molecule has 0 bridgehead atoms. The van der Waals surface area contributed by atoms with Gasteiger partial charge in [0.2, 0.25) is 35.4 Å². The van der Waals surface area contributed by atoms with E-state index < -0.39 is 59.7 Å². The summed E-state index contributed by atoms with van der Waals surface area (Å²) in [7, 11) is 1.55. The summed E-state index contributed by atoms with van der Waals surface area (Å²) in [5.41, 5.74) is 12.8. The first-order chi connectivity index (χ1) is 25.9. The number of carbonyl (C=O) groups excluding carboxylic acids is 6. The molecule has 1 aliphatic rings. The van der Waals surface area contributed by atoms with Gasteiger partial charge in [0.25, 0.3) is 0 Å². The molecular formula is C40H59N7O6S. The van der Waals surface area contributed by atoms with Crippen molar-refractivity contribution in [3.8, 4) is 0 Å². The fourth-order valence-electron chi connectivity index (χ4n) is 6.63. The first kappa shape index (κ1) is 44.0. The molecule has 0 aliphatic carbocycles. The highest BCUT2D eigenvalue weighted by Gasteiger charge is 2.42. The van der Waals surface area contributed by atoms with E-state index in [9.17, 15) is 28.8 Å². The maximum absolute atomic E-state index is 14.5. The lowest BCUT2D eigenvalue weighted by molar-refractivity contribution is -0.148. The quantitative estimate of drug-likeness (QED) is 0.112. The Kier molecular flexibility index (Phi) is 18.5. The van der Waals surface area contributed by atoms with Crippen molar-refractivity contribution in [3.05, 3.63) is 71.8 Å². The van der Waals surface area contributed by atoms with Gasteiger partial charge in [0, 0.05) is 32.9 Å². The number of unbranched alkanes of at least 4 members (excludes halogenated alkanes) is 1. The number of nitrogens with two attached hydrogens (primary N) is 2. The molecule has 7 N–H and O–H groups in total. The van der Waals surface area contributed by atoms with Gasteiger partial charge in [0.15, 0.2) is 0 Å². The van der Waals surface area contributed by atoms with Gasteiger partial charge in [0.1, 0.15) is 30.2 Å². The van der Waals surface area contributed by atoms with Gasteiger partial charge >= 0.3 is 0 Å². The van der Waals surface area contributed by atoms with Crippen LogP contribution in [0.3, 0.4) is 0 Å². The average Bonchev–Trinajstić information content (AvgIpc) is 3.65. The Morgan fingerprint density at radius 2 is 1.44 bits per heavy atom. The maximum atomic E-state index is 14.5. The molecule has 0 aromatic heterocycles. The number of amides is 6. The second-order valence-electron chi connectivity index (χ2n) is 14.3. The summed E-state index contributed by atoms with van der Waals surface area (Å²) >= 11 is 1.53. The van der Waals surface area contributed by atoms with Crippen LogP contribution in [-0.2, 0) is 41.6 Å². The van der Waals surface area contributed by atoms with Crippen molar-refractivity contribution < 1.29 is 28.8 Å². The van der Waals surface area contributed by atoms with Gasteiger partial charge in [-0.3, -0.25) is 28.8 Å². The van der Waals surface area contributed by atoms with Crippen molar-refractivity contribution in [3.63, 3.8) is 0 Å². The monoisotopic (exact) mass is 765 g/mol. The van der Waals surface area contributed by atoms with E-state index in [0.717, 1.165) is 11.1 Å². The molecule has 0 radical (unpaired) electrons. The third-order valence-corrected chi connectivity index (χ3v) is 10.2. The summed E-state index contributed by atoms with van der Waals surface area (Å²) in [6.45, 7) is 4.62. The molecule has 14 heteroatoms. The van der Waals surface area contributed by atoms with Crippen molar-refractivity contribution in [1.82, 2.24) is 25.8 Å². The van der Waals surface area contributed by atoms with Crippen LogP contribution in [-0.4, -0.2) is 108 Å². The highest BCUT2D eigenvalue weighted by molar-refractivity contribution is 7.98. The first-order valence-corrected chi connectivity index (χ1v) is 20.3. The Morgan fingerprint density at radius 3 is 2.00 bits per heavy atom. The zero-order valence-corrected chi connectivity index (χ0v) is 32.9. The average molecular weight is 766 g/mol. The summed E-state index contributed by atoms with van der Waals surface area (Å²) in [5.74, 6) is -2.12. The van der Waals surface area contributed by atoms with Crippen molar-refractivity contribution in [2.24, 2.45) is 17.4 Å². The van der Waals surface area contributed by atoms with Crippen LogP contribution in [0.1, 0.15) is 69.9 Å². The Hall–Kier alpha value is -4.43. The molecule has 2 aromatic carbocycles. The molecule has 1 heterocycles. The molecule has 0 unspecified atom stereocenters. The number of likely N-dealkylation sites (tertiary alicyclic amines) is 1. The smallest absolute Gasteiger partial charge is 0.246 e. The molecule has 5 atom stereocenters. The molecular weight excluding hydrogens is 707 g/mol. The van der Waals surface area contributed by atoms with Crippen LogP contribution in [0, 0.1) is 5.92 Å². The zero-order chi connectivity index (χ0) is 39.6. The maximum Gasteiger partial charge on any atom is 0.246 e. The lowest BCUT2D eigenvalue weighted by Crippen LogP contribution is -2.59. The molecule has 0 spiro atoms. The standard InChI is InChI=1S/C40H59N7O6S/c1-27(2)24-34(38(51)44-30(36(42)49)20-23-54-4)46(3)40(53)33-18-13-22-47(33)39(52)32(26-29-16-9-6-10-17-29)45-37(50)31(25-28-14-7-5-8-15-28)43-35(48)19-11-12-21-41/h5-10,14-17,27,30-34H,11-13,18-26,41H2,1-4H3,(H2,42,49)(H,43,48)(H,44,51)(H,45,50)/t30-,31-,32-,33-,34-/m0/s1. The van der Waals surface area contributed by atoms with Crippen molar-refractivity contribution in [2.75, 3.05) is 32.1 Å². The van der Waals surface area contributed by atoms with E-state index in [2.05, 4.69) is 16.0 Å². The summed E-state index contributed by atoms with van der Waals surface area (Å²) in [5, 5.41) is 8.56. The summed E-state index contributed by atoms with van der Waals surface area (Å²) < 4.78 is 0. The number of likely N-dealkylation sites (N-methyl/N-ethyl adjacent to an activating group) is 1. The number of carbonyl (C=O) groups is 6. The van der Waals surface area contributed by atoms with Crippen molar-refractivity contribution in [1.29, 1.82) is 0 Å². The molecule has 0 saturated carbocycles. The fourth-order valence-corrected chi connectivity index (χ4v) is 7.10. The highest BCUT2D eigenvalue weighted by Crippen LogP contribution is 2.24. The zero-order valence-electron chi connectivity index (χ0n) is 32.1. The van der Waals surface area contributed by atoms with E-state index in [-0.39, 0.29) is 37.6 Å². The SMILES string of the molecule is CSCC[C@H](NC(=O)[C@H](CC(C)C)N(C)C(=O)[C@@H]1CCCN1C(=O)[C@H](Cc1ccccc1)NC(=O)[C@H](Cc1ccccc1)NC(=O)CCCCN)C(N)=O. The molecule has 1 saturated heterocycles. The second kappa shape index (κ2) is 22.7. The number of nitrogens with one attached hydrogen (secondary N) is 3. The normalized spacial score (nSPS) is 16.2. The minimum Gasteiger partial charge on any atom is -0.368 e. The Morgan fingerprint density at radius 1 is 0.852 bits per heavy atom. The number of thioether (sulfide) groups is 1. The van der Waals surface area contributed by atoms with Gasteiger partial charge < -0.3 is 37.2 Å². The third kappa shape index (κ3) is 13.8. The first-order valence-electron chi connectivity index (χ1n) is 18.9. The summed E-state index contributed by atoms with van der Waals surface area (Å²) in [6.07, 6.45) is 5.36. The largest absolute Gasteiger partial charge is 0.368 e. The summed E-state index contributed by atoms with van der Waals surface area (Å²) in [6, 6.07) is 13.9. The molecule has 1 fully saturated rings. The Labute approximate surface area is 324 Å². The van der Waals surface area contributed by atoms with Gasteiger partial charge in [-0.2, -0.15) is 11.8 Å². The molecule has 13 nitrogen and oxygen atoms in total. The lowest BCUT2D eigenvalue weighted by atomic mass is 9.99. The van der Waals surface area contributed by atoms with Gasteiger partial charge in [-0.25, -0.2) is 0 Å². The van der Waals surface area contributed by atoms with Crippen LogP contribution in [0.15, 0.2) is 60.7 Å². The molecule has 6 amide bonds. The summed E-state index contributed by atoms with van der Waals surface area (Å²) in [4.78, 5) is 84.4. The van der Waals surface area contributed by atoms with Crippen LogP contribution in [0.4, 0.5) is 0 Å². The number of nitrogens with zero attached hydrogens (tertiary/aromatic N) is 2. The van der Waals surface area contributed by atoms with Gasteiger partial charge in [-0.15, -0.1) is 0 Å². The predicted molar refractivity (Wildman–Crippen MR) is 212 cm³/mol. The number of hydrogen-bond donors (Lipinski definition) is 5. The van der Waals surface area contributed by atoms with Crippen LogP contribution in [0.2, 0.25) is 0 Å². The van der Waals surface area contributed by atoms with E-state index >= 15 is 0 Å². The number of hydrogen-bond acceptors (Lipinski definition) is 8. The number of rotatable bonds is 22. The van der Waals surface area contributed by atoms with E-state index in [0.29, 0.717) is 50.8 Å². The van der Waals surface area contributed by atoms with E-state index in [1.165, 1.54) is 21.6 Å². The second-order valence-corrected chi connectivity index (χ2v) is 15.3. The third-order valence-electron chi connectivity index (χ3n) is 9.59. The van der Waals surface area contributed by atoms with Gasteiger partial charge in [-0.1, -0.05) is 74.5 Å². The number of benzene rings is 2. The fraction of sp³-hybridized carbons (Fsp3) is 0.550. The minimum absolute atomic E-state index is 0.0333. The molecule has 3 rings (SSSR count). The highest BCUT2D eigenvalue weighted by atomic mass is 32.2. The van der Waals surface area contributed by atoms with Gasteiger partial charge in [-0.05, 0) is 74.1 Å². The molecule has 296 valence electrons. The van der Waals surface area contributed by atoms with E-state index in [1.54, 1.807) is 7.05 Å². The number of primary amides is 1. The van der Waals surface area contributed by atoms with Crippen LogP contribution >= 0.6 is 11.8 Å². The Bertz CT molecular complexity index is 1530.